The van der Waals surface area contributed by atoms with Gasteiger partial charge in [0.25, 0.3) is 5.91 Å². The van der Waals surface area contributed by atoms with Crippen molar-refractivity contribution in [2.45, 2.75) is 6.18 Å². The van der Waals surface area contributed by atoms with Gasteiger partial charge in [-0.3, -0.25) is 14.5 Å². The lowest BCUT2D eigenvalue weighted by Crippen LogP contribution is -2.15. The molecule has 0 fully saturated rings. The van der Waals surface area contributed by atoms with Crippen molar-refractivity contribution in [3.05, 3.63) is 53.6 Å². The van der Waals surface area contributed by atoms with Gasteiger partial charge >= 0.3 is 6.18 Å². The molecule has 11 heteroatoms. The number of benzene rings is 1. The van der Waals surface area contributed by atoms with Crippen LogP contribution in [0.25, 0.3) is 0 Å². The number of alkyl halides is 3. The summed E-state index contributed by atoms with van der Waals surface area (Å²) < 4.78 is 75.1. The molecule has 0 aliphatic rings. The van der Waals surface area contributed by atoms with Crippen LogP contribution in [0.5, 0.6) is 0 Å². The van der Waals surface area contributed by atoms with E-state index in [1.165, 1.54) is 0 Å². The molecule has 134 valence electrons. The maximum Gasteiger partial charge on any atom is 0.433 e. The molecule has 0 radical (unpaired) electrons. The van der Waals surface area contributed by atoms with Crippen LogP contribution >= 0.6 is 0 Å². The zero-order valence-electron chi connectivity index (χ0n) is 12.6. The minimum Gasteiger partial charge on any atom is -0.322 e. The average Bonchev–Trinajstić information content (AvgIpc) is 2.48. The van der Waals surface area contributed by atoms with Gasteiger partial charge in [-0.2, -0.15) is 13.2 Å². The van der Waals surface area contributed by atoms with Crippen LogP contribution in [0, 0.1) is 5.82 Å². The molecule has 0 saturated heterocycles. The number of carbonyl (C=O) groups excluding carboxylic acids is 1. The van der Waals surface area contributed by atoms with Crippen LogP contribution in [0.4, 0.5) is 28.9 Å². The Morgan fingerprint density at radius 1 is 1.16 bits per heavy atom. The number of halogens is 4. The molecule has 25 heavy (non-hydrogen) atoms. The number of amides is 1. The lowest BCUT2D eigenvalue weighted by Gasteiger charge is -2.10. The molecule has 1 amide bonds. The molecule has 1 heterocycles. The van der Waals surface area contributed by atoms with Gasteiger partial charge in [0.05, 0.1) is 17.5 Å². The third kappa shape index (κ3) is 5.14. The fraction of sp³-hybridized carbons (Fsp3) is 0.143. The van der Waals surface area contributed by atoms with E-state index in [4.69, 9.17) is 0 Å². The van der Waals surface area contributed by atoms with E-state index in [9.17, 15) is 30.8 Å². The largest absolute Gasteiger partial charge is 0.433 e. The number of nitrogens with one attached hydrogen (secondary N) is 2. The first-order chi connectivity index (χ1) is 11.5. The topological polar surface area (TPSA) is 88.2 Å². The highest BCUT2D eigenvalue weighted by Crippen LogP contribution is 2.27. The maximum absolute atomic E-state index is 13.6. The van der Waals surface area contributed by atoms with Crippen molar-refractivity contribution >= 4 is 27.3 Å². The molecule has 0 bridgehead atoms. The van der Waals surface area contributed by atoms with Gasteiger partial charge < -0.3 is 5.32 Å². The van der Waals surface area contributed by atoms with Gasteiger partial charge in [-0.25, -0.2) is 12.8 Å². The van der Waals surface area contributed by atoms with Crippen LogP contribution in [0.1, 0.15) is 16.1 Å². The van der Waals surface area contributed by atoms with Crippen molar-refractivity contribution in [2.75, 3.05) is 16.3 Å². The van der Waals surface area contributed by atoms with Gasteiger partial charge in [0.15, 0.2) is 0 Å². The summed E-state index contributed by atoms with van der Waals surface area (Å²) in [5, 5.41) is 2.31. The Morgan fingerprint density at radius 3 is 2.36 bits per heavy atom. The highest BCUT2D eigenvalue weighted by molar-refractivity contribution is 7.92. The van der Waals surface area contributed by atoms with Crippen LogP contribution in [0.3, 0.4) is 0 Å². The summed E-state index contributed by atoms with van der Waals surface area (Å²) in [5.74, 6) is -1.65. The molecule has 0 aliphatic carbocycles. The van der Waals surface area contributed by atoms with E-state index in [2.05, 4.69) is 10.3 Å². The SMILES string of the molecule is CS(=O)(=O)Nc1cc(NC(=O)c2ccc(C(F)(F)F)nc2)ccc1F. The summed E-state index contributed by atoms with van der Waals surface area (Å²) in [6.07, 6.45) is -3.05. The van der Waals surface area contributed by atoms with Gasteiger partial charge in [-0.1, -0.05) is 0 Å². The monoisotopic (exact) mass is 377 g/mol. The molecule has 2 rings (SSSR count). The molecule has 0 atom stereocenters. The van der Waals surface area contributed by atoms with Gasteiger partial charge in [0, 0.05) is 11.9 Å². The Hall–Kier alpha value is -2.69. The molecule has 2 aromatic rings. The van der Waals surface area contributed by atoms with Crippen molar-refractivity contribution in [2.24, 2.45) is 0 Å². The first-order valence-electron chi connectivity index (χ1n) is 6.57. The highest BCUT2D eigenvalue weighted by Gasteiger charge is 2.32. The number of carbonyl (C=O) groups is 1. The summed E-state index contributed by atoms with van der Waals surface area (Å²) >= 11 is 0. The number of hydrogen-bond donors (Lipinski definition) is 2. The van der Waals surface area contributed by atoms with Gasteiger partial charge in [-0.15, -0.1) is 0 Å². The van der Waals surface area contributed by atoms with Gasteiger partial charge in [0.2, 0.25) is 10.0 Å². The highest BCUT2D eigenvalue weighted by atomic mass is 32.2. The number of pyridine rings is 1. The zero-order valence-corrected chi connectivity index (χ0v) is 13.4. The minimum absolute atomic E-state index is 0.0393. The van der Waals surface area contributed by atoms with Crippen molar-refractivity contribution in [3.8, 4) is 0 Å². The first kappa shape index (κ1) is 18.6. The predicted molar refractivity (Wildman–Crippen MR) is 82.1 cm³/mol. The summed E-state index contributed by atoms with van der Waals surface area (Å²) in [5.41, 5.74) is -1.65. The van der Waals surface area contributed by atoms with Crippen molar-refractivity contribution < 1.29 is 30.8 Å². The Bertz CT molecular complexity index is 897. The van der Waals surface area contributed by atoms with Crippen LogP contribution in [0.2, 0.25) is 0 Å². The van der Waals surface area contributed by atoms with E-state index in [1.807, 2.05) is 4.72 Å². The number of hydrogen-bond acceptors (Lipinski definition) is 4. The second-order valence-electron chi connectivity index (χ2n) is 4.95. The summed E-state index contributed by atoms with van der Waals surface area (Å²) in [7, 11) is -3.74. The molecule has 1 aromatic heterocycles. The van der Waals surface area contributed by atoms with Gasteiger partial charge in [-0.05, 0) is 30.3 Å². The van der Waals surface area contributed by atoms with E-state index in [1.54, 1.807) is 0 Å². The standard InChI is InChI=1S/C14H11F4N3O3S/c1-25(23,24)21-11-6-9(3-4-10(11)15)20-13(22)8-2-5-12(19-7-8)14(16,17)18/h2-7,21H,1H3,(H,20,22). The second kappa shape index (κ2) is 6.67. The lowest BCUT2D eigenvalue weighted by atomic mass is 10.2. The lowest BCUT2D eigenvalue weighted by molar-refractivity contribution is -0.141. The summed E-state index contributed by atoms with van der Waals surface area (Å²) in [6, 6.07) is 4.71. The average molecular weight is 377 g/mol. The summed E-state index contributed by atoms with van der Waals surface area (Å²) in [6.45, 7) is 0. The Balaban J connectivity index is 2.19. The molecule has 1 aromatic carbocycles. The fourth-order valence-electron chi connectivity index (χ4n) is 1.78. The number of sulfonamides is 1. The molecular formula is C14H11F4N3O3S. The first-order valence-corrected chi connectivity index (χ1v) is 8.47. The molecule has 0 saturated carbocycles. The summed E-state index contributed by atoms with van der Waals surface area (Å²) in [4.78, 5) is 15.1. The van der Waals surface area contributed by atoms with Crippen molar-refractivity contribution in [1.29, 1.82) is 0 Å². The Morgan fingerprint density at radius 2 is 1.84 bits per heavy atom. The van der Waals surface area contributed by atoms with Crippen LogP contribution in [-0.4, -0.2) is 25.6 Å². The minimum atomic E-state index is -4.63. The fourth-order valence-corrected chi connectivity index (χ4v) is 2.34. The zero-order chi connectivity index (χ0) is 18.8. The van der Waals surface area contributed by atoms with Crippen LogP contribution in [0.15, 0.2) is 36.5 Å². The number of anilines is 2. The molecule has 6 nitrogen and oxygen atoms in total. The van der Waals surface area contributed by atoms with Crippen molar-refractivity contribution in [1.82, 2.24) is 4.98 Å². The van der Waals surface area contributed by atoms with Crippen LogP contribution in [-0.2, 0) is 16.2 Å². The molecule has 0 spiro atoms. The van der Waals surface area contributed by atoms with E-state index in [-0.39, 0.29) is 16.9 Å². The smallest absolute Gasteiger partial charge is 0.322 e. The van der Waals surface area contributed by atoms with Crippen LogP contribution < -0.4 is 10.0 Å². The normalized spacial score (nSPS) is 11.9. The Labute approximate surface area is 139 Å². The number of rotatable bonds is 4. The van der Waals surface area contributed by atoms with E-state index in [0.29, 0.717) is 6.07 Å². The third-order valence-corrected chi connectivity index (χ3v) is 3.43. The number of aromatic nitrogens is 1. The van der Waals surface area contributed by atoms with E-state index < -0.39 is 33.6 Å². The van der Waals surface area contributed by atoms with E-state index >= 15 is 0 Å². The second-order valence-corrected chi connectivity index (χ2v) is 6.70. The quantitative estimate of drug-likeness (QED) is 0.802. The van der Waals surface area contributed by atoms with Crippen molar-refractivity contribution in [3.63, 3.8) is 0 Å². The number of nitrogens with zero attached hydrogens (tertiary/aromatic N) is 1. The molecule has 0 aliphatic heterocycles. The molecule has 2 N–H and O–H groups in total. The predicted octanol–water partition coefficient (Wildman–Crippen LogP) is 2.86. The van der Waals surface area contributed by atoms with Gasteiger partial charge in [0.1, 0.15) is 11.5 Å². The van der Waals surface area contributed by atoms with E-state index in [0.717, 1.165) is 36.7 Å². The third-order valence-electron chi connectivity index (χ3n) is 2.84. The Kier molecular flexibility index (Phi) is 4.97. The molecule has 0 unspecified atom stereocenters. The maximum atomic E-state index is 13.6. The molecular weight excluding hydrogens is 366 g/mol.